The van der Waals surface area contributed by atoms with Crippen molar-refractivity contribution in [2.24, 2.45) is 0 Å². The molecule has 0 aliphatic rings. The van der Waals surface area contributed by atoms with Gasteiger partial charge in [-0.2, -0.15) is 5.10 Å². The van der Waals surface area contributed by atoms with Crippen LogP contribution in [0.15, 0.2) is 83.1 Å². The Labute approximate surface area is 203 Å². The van der Waals surface area contributed by atoms with Gasteiger partial charge in [0, 0.05) is 41.8 Å². The molecule has 0 atom stereocenters. The van der Waals surface area contributed by atoms with Crippen molar-refractivity contribution in [1.82, 2.24) is 19.8 Å². The molecule has 0 aliphatic carbocycles. The molecule has 0 unspecified atom stereocenters. The highest BCUT2D eigenvalue weighted by molar-refractivity contribution is 7.89. The second-order valence-electron chi connectivity index (χ2n) is 7.91. The van der Waals surface area contributed by atoms with Crippen LogP contribution in [0.5, 0.6) is 0 Å². The zero-order valence-electron chi connectivity index (χ0n) is 18.8. The van der Waals surface area contributed by atoms with Crippen molar-refractivity contribution < 1.29 is 13.2 Å². The summed E-state index contributed by atoms with van der Waals surface area (Å²) >= 11 is 1.48. The third-order valence-electron chi connectivity index (χ3n) is 5.39. The molecule has 9 heteroatoms. The molecule has 0 fully saturated rings. The maximum atomic E-state index is 12.9. The maximum Gasteiger partial charge on any atom is 0.253 e. The minimum Gasteiger partial charge on any atom is -0.342 e. The summed E-state index contributed by atoms with van der Waals surface area (Å²) in [5, 5.41) is 9.32. The Morgan fingerprint density at radius 2 is 1.88 bits per heavy atom. The standard InChI is InChI=1S/C25H26N4O3S2/c1-29(14-6-11-21-17-24(28-27-21)19-8-3-2-4-9-19)25(30)20-10-5-13-23(16-20)34(31,32)26-18-22-12-7-15-33-22/h2-5,7-10,12-13,15-17,26H,6,11,14,18H2,1H3,(H,27,28). The van der Waals surface area contributed by atoms with Gasteiger partial charge < -0.3 is 4.90 Å². The van der Waals surface area contributed by atoms with Crippen LogP contribution < -0.4 is 4.72 Å². The van der Waals surface area contributed by atoms with Crippen LogP contribution in [0.2, 0.25) is 0 Å². The minimum atomic E-state index is -3.72. The quantitative estimate of drug-likeness (QED) is 0.343. The van der Waals surface area contributed by atoms with Gasteiger partial charge >= 0.3 is 0 Å². The Balaban J connectivity index is 1.32. The molecule has 2 aromatic heterocycles. The highest BCUT2D eigenvalue weighted by Gasteiger charge is 2.18. The first kappa shape index (κ1) is 23.9. The van der Waals surface area contributed by atoms with Crippen molar-refractivity contribution in [2.75, 3.05) is 13.6 Å². The first-order chi connectivity index (χ1) is 16.4. The Hall–Kier alpha value is -3.27. The molecule has 0 bridgehead atoms. The largest absolute Gasteiger partial charge is 0.342 e. The van der Waals surface area contributed by atoms with Gasteiger partial charge in [-0.25, -0.2) is 13.1 Å². The van der Waals surface area contributed by atoms with Crippen molar-refractivity contribution in [3.8, 4) is 11.3 Å². The van der Waals surface area contributed by atoms with Gasteiger partial charge in [0.2, 0.25) is 10.0 Å². The lowest BCUT2D eigenvalue weighted by atomic mass is 10.1. The molecule has 1 amide bonds. The summed E-state index contributed by atoms with van der Waals surface area (Å²) in [4.78, 5) is 15.5. The maximum absolute atomic E-state index is 12.9. The number of nitrogens with one attached hydrogen (secondary N) is 2. The number of aryl methyl sites for hydroxylation is 1. The number of carbonyl (C=O) groups excluding carboxylic acids is 1. The number of amides is 1. The summed E-state index contributed by atoms with van der Waals surface area (Å²) in [7, 11) is -1.99. The van der Waals surface area contributed by atoms with Crippen molar-refractivity contribution in [3.63, 3.8) is 0 Å². The topological polar surface area (TPSA) is 95.2 Å². The Morgan fingerprint density at radius 1 is 1.06 bits per heavy atom. The zero-order chi connectivity index (χ0) is 24.0. The number of H-pyrrole nitrogens is 1. The second kappa shape index (κ2) is 10.8. The first-order valence-corrected chi connectivity index (χ1v) is 13.3. The van der Waals surface area contributed by atoms with Gasteiger partial charge in [0.1, 0.15) is 0 Å². The minimum absolute atomic E-state index is 0.0780. The van der Waals surface area contributed by atoms with Crippen LogP contribution in [0.1, 0.15) is 27.3 Å². The highest BCUT2D eigenvalue weighted by atomic mass is 32.2. The average molecular weight is 495 g/mol. The van der Waals surface area contributed by atoms with Crippen LogP contribution in [-0.2, 0) is 23.0 Å². The number of nitrogens with zero attached hydrogens (tertiary/aromatic N) is 2. The van der Waals surface area contributed by atoms with E-state index in [1.165, 1.54) is 23.5 Å². The molecule has 2 aromatic carbocycles. The Bertz CT molecular complexity index is 1330. The predicted molar refractivity (Wildman–Crippen MR) is 134 cm³/mol. The number of thiophene rings is 1. The number of hydrogen-bond acceptors (Lipinski definition) is 5. The molecule has 34 heavy (non-hydrogen) atoms. The molecule has 7 nitrogen and oxygen atoms in total. The SMILES string of the molecule is CN(CCCc1cc(-c2ccccc2)n[nH]1)C(=O)c1cccc(S(=O)(=O)NCc2cccs2)c1. The molecule has 0 aliphatic heterocycles. The van der Waals surface area contributed by atoms with E-state index in [4.69, 9.17) is 0 Å². The third-order valence-corrected chi connectivity index (χ3v) is 7.67. The predicted octanol–water partition coefficient (Wildman–Crippen LogP) is 4.32. The van der Waals surface area contributed by atoms with Crippen LogP contribution in [0.4, 0.5) is 0 Å². The molecule has 2 heterocycles. The van der Waals surface area contributed by atoms with Gasteiger partial charge in [-0.15, -0.1) is 11.3 Å². The number of aromatic nitrogens is 2. The lowest BCUT2D eigenvalue weighted by molar-refractivity contribution is 0.0793. The fraction of sp³-hybridized carbons (Fsp3) is 0.200. The van der Waals surface area contributed by atoms with Crippen molar-refractivity contribution in [2.45, 2.75) is 24.3 Å². The van der Waals surface area contributed by atoms with E-state index in [0.717, 1.165) is 34.7 Å². The van der Waals surface area contributed by atoms with Gasteiger partial charge in [0.15, 0.2) is 0 Å². The van der Waals surface area contributed by atoms with Crippen LogP contribution in [0.25, 0.3) is 11.3 Å². The molecule has 2 N–H and O–H groups in total. The molecular formula is C25H26N4O3S2. The third kappa shape index (κ3) is 5.99. The molecule has 0 spiro atoms. The molecule has 176 valence electrons. The summed E-state index contributed by atoms with van der Waals surface area (Å²) in [5.41, 5.74) is 3.29. The van der Waals surface area contributed by atoms with E-state index >= 15 is 0 Å². The van der Waals surface area contributed by atoms with E-state index in [-0.39, 0.29) is 17.3 Å². The van der Waals surface area contributed by atoms with Gasteiger partial charge in [-0.1, -0.05) is 42.5 Å². The number of benzene rings is 2. The number of rotatable bonds is 10. The molecule has 4 rings (SSSR count). The van der Waals surface area contributed by atoms with Gasteiger partial charge in [-0.05, 0) is 48.6 Å². The first-order valence-electron chi connectivity index (χ1n) is 10.9. The molecule has 4 aromatic rings. The summed E-state index contributed by atoms with van der Waals surface area (Å²) in [6.45, 7) is 0.754. The van der Waals surface area contributed by atoms with E-state index < -0.39 is 10.0 Å². The summed E-state index contributed by atoms with van der Waals surface area (Å²) in [6.07, 6.45) is 1.50. The van der Waals surface area contributed by atoms with Crippen LogP contribution >= 0.6 is 11.3 Å². The van der Waals surface area contributed by atoms with E-state index in [0.29, 0.717) is 12.1 Å². The molecular weight excluding hydrogens is 468 g/mol. The lowest BCUT2D eigenvalue weighted by Gasteiger charge is -2.17. The number of sulfonamides is 1. The second-order valence-corrected chi connectivity index (χ2v) is 10.7. The van der Waals surface area contributed by atoms with Crippen molar-refractivity contribution in [3.05, 3.63) is 94.3 Å². The summed E-state index contributed by atoms with van der Waals surface area (Å²) in [6, 6.07) is 21.9. The number of hydrogen-bond donors (Lipinski definition) is 2. The smallest absolute Gasteiger partial charge is 0.253 e. The van der Waals surface area contributed by atoms with E-state index in [9.17, 15) is 13.2 Å². The van der Waals surface area contributed by atoms with Crippen molar-refractivity contribution in [1.29, 1.82) is 0 Å². The fourth-order valence-corrected chi connectivity index (χ4v) is 5.32. The fourth-order valence-electron chi connectivity index (χ4n) is 3.53. The summed E-state index contributed by atoms with van der Waals surface area (Å²) < 4.78 is 27.9. The van der Waals surface area contributed by atoms with Gasteiger partial charge in [0.05, 0.1) is 10.6 Å². The number of carbonyl (C=O) groups is 1. The van der Waals surface area contributed by atoms with Gasteiger partial charge in [0.25, 0.3) is 5.91 Å². The Kier molecular flexibility index (Phi) is 7.56. The molecule has 0 radical (unpaired) electrons. The van der Waals surface area contributed by atoms with Crippen LogP contribution in [-0.4, -0.2) is 43.0 Å². The number of aromatic amines is 1. The zero-order valence-corrected chi connectivity index (χ0v) is 20.4. The van der Waals surface area contributed by atoms with Crippen LogP contribution in [0, 0.1) is 0 Å². The normalized spacial score (nSPS) is 11.4. The monoisotopic (exact) mass is 494 g/mol. The van der Waals surface area contributed by atoms with Gasteiger partial charge in [-0.3, -0.25) is 9.89 Å². The lowest BCUT2D eigenvalue weighted by Crippen LogP contribution is -2.28. The summed E-state index contributed by atoms with van der Waals surface area (Å²) in [5.74, 6) is -0.218. The average Bonchev–Trinajstić information content (AvgIpc) is 3.55. The van der Waals surface area contributed by atoms with E-state index in [2.05, 4.69) is 14.9 Å². The highest BCUT2D eigenvalue weighted by Crippen LogP contribution is 2.18. The Morgan fingerprint density at radius 3 is 2.65 bits per heavy atom. The molecule has 0 saturated carbocycles. The van der Waals surface area contributed by atoms with Crippen molar-refractivity contribution >= 4 is 27.3 Å². The van der Waals surface area contributed by atoms with E-state index in [1.807, 2.05) is 53.9 Å². The van der Waals surface area contributed by atoms with Crippen LogP contribution in [0.3, 0.4) is 0 Å². The van der Waals surface area contributed by atoms with E-state index in [1.54, 1.807) is 24.1 Å². The molecule has 0 saturated heterocycles.